The van der Waals surface area contributed by atoms with Gasteiger partial charge in [-0.15, -0.1) is 24.0 Å². The summed E-state index contributed by atoms with van der Waals surface area (Å²) < 4.78 is 22.0. The first-order valence-corrected chi connectivity index (χ1v) is 8.96. The molecule has 0 aliphatic carbocycles. The van der Waals surface area contributed by atoms with Gasteiger partial charge in [-0.3, -0.25) is 0 Å². The standard InChI is InChI=1S/C19H24BrN3O4.HI/c1-24-15-6-5-12(8-16(15)25-2)10-22-19(21)23-11-13-7-14(20)18(27-4)17(9-13)26-3;/h5-9H,10-11H2,1-4H3,(H3,21,22,23);1H. The van der Waals surface area contributed by atoms with Gasteiger partial charge in [0, 0.05) is 6.54 Å². The Morgan fingerprint density at radius 3 is 2.18 bits per heavy atom. The highest BCUT2D eigenvalue weighted by Crippen LogP contribution is 2.36. The number of halogens is 2. The van der Waals surface area contributed by atoms with E-state index in [-0.39, 0.29) is 24.0 Å². The van der Waals surface area contributed by atoms with Crippen LogP contribution in [-0.2, 0) is 13.1 Å². The van der Waals surface area contributed by atoms with Gasteiger partial charge in [-0.25, -0.2) is 4.99 Å². The van der Waals surface area contributed by atoms with Gasteiger partial charge < -0.3 is 30.0 Å². The van der Waals surface area contributed by atoms with Crippen LogP contribution in [0.25, 0.3) is 0 Å². The summed E-state index contributed by atoms with van der Waals surface area (Å²) in [5, 5.41) is 3.09. The molecule has 0 spiro atoms. The normalized spacial score (nSPS) is 10.7. The molecule has 2 aromatic carbocycles. The summed E-state index contributed by atoms with van der Waals surface area (Å²) in [6, 6.07) is 9.48. The number of nitrogens with one attached hydrogen (secondary N) is 1. The fraction of sp³-hybridized carbons (Fsp3) is 0.316. The van der Waals surface area contributed by atoms with Crippen molar-refractivity contribution in [1.82, 2.24) is 5.32 Å². The smallest absolute Gasteiger partial charge is 0.189 e. The molecule has 0 aromatic heterocycles. The van der Waals surface area contributed by atoms with Crippen molar-refractivity contribution in [3.05, 3.63) is 45.9 Å². The van der Waals surface area contributed by atoms with Gasteiger partial charge in [-0.05, 0) is 51.3 Å². The third-order valence-corrected chi connectivity index (χ3v) is 4.44. The first kappa shape index (κ1) is 24.2. The van der Waals surface area contributed by atoms with E-state index in [4.69, 9.17) is 24.7 Å². The van der Waals surface area contributed by atoms with Crippen LogP contribution in [0.5, 0.6) is 23.0 Å². The molecule has 0 saturated heterocycles. The Morgan fingerprint density at radius 1 is 0.929 bits per heavy atom. The molecule has 3 N–H and O–H groups in total. The average Bonchev–Trinajstić information content (AvgIpc) is 2.69. The molecule has 9 heteroatoms. The highest BCUT2D eigenvalue weighted by atomic mass is 127. The zero-order valence-corrected chi connectivity index (χ0v) is 20.2. The van der Waals surface area contributed by atoms with Crippen molar-refractivity contribution >= 4 is 45.9 Å². The summed E-state index contributed by atoms with van der Waals surface area (Å²) in [4.78, 5) is 4.37. The third-order valence-electron chi connectivity index (χ3n) is 3.85. The second-order valence-electron chi connectivity index (χ2n) is 5.56. The second kappa shape index (κ2) is 11.8. The molecule has 28 heavy (non-hydrogen) atoms. The van der Waals surface area contributed by atoms with Crippen LogP contribution >= 0.6 is 39.9 Å². The van der Waals surface area contributed by atoms with E-state index in [0.29, 0.717) is 42.0 Å². The van der Waals surface area contributed by atoms with Crippen molar-refractivity contribution in [1.29, 1.82) is 0 Å². The molecule has 0 radical (unpaired) electrons. The van der Waals surface area contributed by atoms with E-state index in [9.17, 15) is 0 Å². The molecule has 0 aliphatic heterocycles. The van der Waals surface area contributed by atoms with Gasteiger partial charge in [-0.2, -0.15) is 0 Å². The molecule has 0 bridgehead atoms. The molecule has 0 fully saturated rings. The van der Waals surface area contributed by atoms with Gasteiger partial charge in [0.15, 0.2) is 29.0 Å². The molecular weight excluding hydrogens is 541 g/mol. The number of nitrogens with zero attached hydrogens (tertiary/aromatic N) is 1. The van der Waals surface area contributed by atoms with Gasteiger partial charge in [0.1, 0.15) is 0 Å². The van der Waals surface area contributed by atoms with Crippen LogP contribution < -0.4 is 30.0 Å². The summed E-state index contributed by atoms with van der Waals surface area (Å²) in [6.07, 6.45) is 0. The van der Waals surface area contributed by atoms with Crippen LogP contribution in [0.3, 0.4) is 0 Å². The lowest BCUT2D eigenvalue weighted by Gasteiger charge is -2.12. The van der Waals surface area contributed by atoms with Gasteiger partial charge in [0.05, 0.1) is 39.5 Å². The van der Waals surface area contributed by atoms with Crippen LogP contribution in [0.15, 0.2) is 39.8 Å². The van der Waals surface area contributed by atoms with Gasteiger partial charge >= 0.3 is 0 Å². The lowest BCUT2D eigenvalue weighted by atomic mass is 10.2. The number of ether oxygens (including phenoxy) is 4. The number of guanidine groups is 1. The zero-order chi connectivity index (χ0) is 19.8. The van der Waals surface area contributed by atoms with E-state index < -0.39 is 0 Å². The van der Waals surface area contributed by atoms with Crippen LogP contribution in [0.4, 0.5) is 0 Å². The van der Waals surface area contributed by atoms with E-state index in [1.54, 1.807) is 28.4 Å². The average molecular weight is 566 g/mol. The number of aliphatic imine (C=N–C) groups is 1. The number of rotatable bonds is 8. The first-order valence-electron chi connectivity index (χ1n) is 8.17. The molecule has 2 rings (SSSR count). The molecule has 0 saturated carbocycles. The maximum absolute atomic E-state index is 5.98. The Balaban J connectivity index is 0.00000392. The quantitative estimate of drug-likeness (QED) is 0.288. The highest BCUT2D eigenvalue weighted by molar-refractivity contribution is 14.0. The van der Waals surface area contributed by atoms with E-state index >= 15 is 0 Å². The van der Waals surface area contributed by atoms with Crippen molar-refractivity contribution in [3.8, 4) is 23.0 Å². The second-order valence-corrected chi connectivity index (χ2v) is 6.41. The van der Waals surface area contributed by atoms with Crippen LogP contribution in [0.2, 0.25) is 0 Å². The molecule has 7 nitrogen and oxygen atoms in total. The van der Waals surface area contributed by atoms with Crippen molar-refractivity contribution < 1.29 is 18.9 Å². The van der Waals surface area contributed by atoms with Gasteiger partial charge in [0.2, 0.25) is 0 Å². The fourth-order valence-electron chi connectivity index (χ4n) is 2.48. The van der Waals surface area contributed by atoms with E-state index in [0.717, 1.165) is 15.6 Å². The monoisotopic (exact) mass is 565 g/mol. The maximum atomic E-state index is 5.98. The number of hydrogen-bond donors (Lipinski definition) is 2. The van der Waals surface area contributed by atoms with Crippen molar-refractivity contribution in [2.45, 2.75) is 13.1 Å². The summed E-state index contributed by atoms with van der Waals surface area (Å²) >= 11 is 3.47. The minimum atomic E-state index is 0. The zero-order valence-electron chi connectivity index (χ0n) is 16.2. The Morgan fingerprint density at radius 2 is 1.57 bits per heavy atom. The Kier molecular flexibility index (Phi) is 10.2. The molecule has 0 amide bonds. The SMILES string of the molecule is COc1ccc(CNC(N)=NCc2cc(Br)c(OC)c(OC)c2)cc1OC.I. The van der Waals surface area contributed by atoms with E-state index in [1.165, 1.54) is 0 Å². The predicted octanol–water partition coefficient (Wildman–Crippen LogP) is 3.71. The van der Waals surface area contributed by atoms with Crippen molar-refractivity contribution in [2.24, 2.45) is 10.7 Å². The van der Waals surface area contributed by atoms with Crippen molar-refractivity contribution in [2.75, 3.05) is 28.4 Å². The Hall–Kier alpha value is -1.88. The molecule has 0 heterocycles. The maximum Gasteiger partial charge on any atom is 0.189 e. The number of hydrogen-bond acceptors (Lipinski definition) is 5. The minimum absolute atomic E-state index is 0. The first-order chi connectivity index (χ1) is 13.0. The summed E-state index contributed by atoms with van der Waals surface area (Å²) in [5.74, 6) is 2.97. The van der Waals surface area contributed by atoms with Crippen molar-refractivity contribution in [3.63, 3.8) is 0 Å². The fourth-order valence-corrected chi connectivity index (χ4v) is 3.13. The van der Waals surface area contributed by atoms with Gasteiger partial charge in [0.25, 0.3) is 0 Å². The lowest BCUT2D eigenvalue weighted by molar-refractivity contribution is 0.352. The molecular formula is C19H25BrIN3O4. The number of nitrogens with two attached hydrogens (primary N) is 1. The summed E-state index contributed by atoms with van der Waals surface area (Å²) in [7, 11) is 6.39. The van der Waals surface area contributed by atoms with E-state index in [1.807, 2.05) is 30.3 Å². The summed E-state index contributed by atoms with van der Waals surface area (Å²) in [5.41, 5.74) is 7.92. The molecule has 0 aliphatic rings. The number of methoxy groups -OCH3 is 4. The minimum Gasteiger partial charge on any atom is -0.493 e. The Labute approximate surface area is 190 Å². The Bertz CT molecular complexity index is 818. The summed E-state index contributed by atoms with van der Waals surface area (Å²) in [6.45, 7) is 0.926. The molecule has 2 aromatic rings. The van der Waals surface area contributed by atoms with Crippen LogP contribution in [0, 0.1) is 0 Å². The largest absolute Gasteiger partial charge is 0.493 e. The van der Waals surface area contributed by atoms with Crippen LogP contribution in [0.1, 0.15) is 11.1 Å². The van der Waals surface area contributed by atoms with E-state index in [2.05, 4.69) is 26.2 Å². The number of benzene rings is 2. The van der Waals surface area contributed by atoms with Gasteiger partial charge in [-0.1, -0.05) is 6.07 Å². The third kappa shape index (κ3) is 6.33. The highest BCUT2D eigenvalue weighted by Gasteiger charge is 2.10. The van der Waals surface area contributed by atoms with Crippen LogP contribution in [-0.4, -0.2) is 34.4 Å². The topological polar surface area (TPSA) is 87.3 Å². The molecule has 154 valence electrons. The lowest BCUT2D eigenvalue weighted by Crippen LogP contribution is -2.31. The molecule has 0 atom stereocenters. The molecule has 0 unspecified atom stereocenters. The predicted molar refractivity (Wildman–Crippen MR) is 124 cm³/mol.